The van der Waals surface area contributed by atoms with Crippen LogP contribution in [0.2, 0.25) is 0 Å². The van der Waals surface area contributed by atoms with Gasteiger partial charge in [0.05, 0.1) is 32.9 Å². The molecule has 0 saturated heterocycles. The number of nitrogens with one attached hydrogen (secondary N) is 2. The predicted molar refractivity (Wildman–Crippen MR) is 113 cm³/mol. The molecule has 0 amide bonds. The lowest BCUT2D eigenvalue weighted by Crippen LogP contribution is -2.28. The molecule has 0 saturated carbocycles. The van der Waals surface area contributed by atoms with Crippen molar-refractivity contribution in [1.29, 1.82) is 0 Å². The van der Waals surface area contributed by atoms with Crippen LogP contribution in [0.4, 0.5) is 24.3 Å². The maximum atomic E-state index is 12.9. The summed E-state index contributed by atoms with van der Waals surface area (Å²) in [5.41, 5.74) is 1.77. The number of fused-ring (bicyclic) bond motifs is 2. The van der Waals surface area contributed by atoms with Gasteiger partial charge in [0.1, 0.15) is 6.23 Å². The normalized spacial score (nSPS) is 14.3. The van der Waals surface area contributed by atoms with Crippen molar-refractivity contribution >= 4 is 43.7 Å². The van der Waals surface area contributed by atoms with Crippen molar-refractivity contribution in [3.63, 3.8) is 0 Å². The molecule has 31 heavy (non-hydrogen) atoms. The van der Waals surface area contributed by atoms with E-state index in [1.54, 1.807) is 30.7 Å². The molecule has 11 heteroatoms. The Morgan fingerprint density at radius 1 is 1.10 bits per heavy atom. The molecule has 1 unspecified atom stereocenters. The number of aromatic nitrogens is 3. The van der Waals surface area contributed by atoms with Gasteiger partial charge in [-0.2, -0.15) is 13.2 Å². The van der Waals surface area contributed by atoms with E-state index in [2.05, 4.69) is 20.6 Å². The number of thiazole rings is 1. The monoisotopic (exact) mass is 451 g/mol. The number of aliphatic hydroxyl groups excluding tert-OH is 2. The lowest BCUT2D eigenvalue weighted by Gasteiger charge is -2.14. The molecule has 0 aliphatic rings. The molecule has 0 aliphatic carbocycles. The number of aliphatic hydroxyl groups is 2. The van der Waals surface area contributed by atoms with Crippen LogP contribution in [-0.4, -0.2) is 37.4 Å². The summed E-state index contributed by atoms with van der Waals surface area (Å²) < 4.78 is 41.0. The van der Waals surface area contributed by atoms with Crippen LogP contribution in [0.5, 0.6) is 0 Å². The summed E-state index contributed by atoms with van der Waals surface area (Å²) in [6, 6.07) is 8.74. The first-order valence-corrected chi connectivity index (χ1v) is 10.2. The number of alkyl halides is 3. The maximum absolute atomic E-state index is 12.9. The van der Waals surface area contributed by atoms with E-state index >= 15 is 0 Å². The molecule has 4 aromatic rings. The zero-order valence-electron chi connectivity index (χ0n) is 16.6. The third kappa shape index (κ3) is 4.49. The Kier molecular flexibility index (Phi) is 5.60. The van der Waals surface area contributed by atoms with Gasteiger partial charge in [0.2, 0.25) is 5.95 Å². The summed E-state index contributed by atoms with van der Waals surface area (Å²) in [6.07, 6.45) is -5.95. The average molecular weight is 451 g/mol. The van der Waals surface area contributed by atoms with Crippen LogP contribution >= 0.6 is 11.3 Å². The highest BCUT2D eigenvalue weighted by molar-refractivity contribution is 7.22. The van der Waals surface area contributed by atoms with Crippen LogP contribution in [0.3, 0.4) is 0 Å². The molecular weight excluding hydrogens is 431 g/mol. The standard InChI is InChI=1S/C20H20F3N5O2S/c1-10(29)9-24-17(30)11-3-6-15-14(7-11)25-18(28(15)2)27-19-26-13-5-4-12(20(21,22)23)8-16(13)31-19/h3-8,10,17,24,29-30H,9H2,1-2H3,(H,25,26,27)/t10-,17?/m0/s1. The predicted octanol–water partition coefficient (Wildman–Crippen LogP) is 3.91. The summed E-state index contributed by atoms with van der Waals surface area (Å²) in [7, 11) is 1.80. The van der Waals surface area contributed by atoms with E-state index in [0.29, 0.717) is 32.4 Å². The number of aryl methyl sites for hydroxylation is 1. The maximum Gasteiger partial charge on any atom is 0.416 e. The summed E-state index contributed by atoms with van der Waals surface area (Å²) in [5.74, 6) is 0.466. The van der Waals surface area contributed by atoms with E-state index in [-0.39, 0.29) is 6.54 Å². The Bertz CT molecular complexity index is 1230. The fourth-order valence-corrected chi connectivity index (χ4v) is 4.05. The Balaban J connectivity index is 1.60. The highest BCUT2D eigenvalue weighted by atomic mass is 32.1. The molecule has 4 N–H and O–H groups in total. The third-order valence-corrected chi connectivity index (χ3v) is 5.70. The number of benzene rings is 2. The summed E-state index contributed by atoms with van der Waals surface area (Å²) in [5, 5.41) is 25.9. The molecular formula is C20H20F3N5O2S. The second-order valence-corrected chi connectivity index (χ2v) is 8.26. The molecule has 0 spiro atoms. The Hall–Kier alpha value is -2.73. The number of nitrogens with zero attached hydrogens (tertiary/aromatic N) is 3. The average Bonchev–Trinajstić information content (AvgIpc) is 3.25. The first kappa shape index (κ1) is 21.5. The molecule has 7 nitrogen and oxygen atoms in total. The largest absolute Gasteiger partial charge is 0.416 e. The van der Waals surface area contributed by atoms with Crippen molar-refractivity contribution in [2.75, 3.05) is 11.9 Å². The number of hydrogen-bond acceptors (Lipinski definition) is 7. The summed E-state index contributed by atoms with van der Waals surface area (Å²) >= 11 is 1.11. The van der Waals surface area contributed by atoms with Gasteiger partial charge < -0.3 is 20.1 Å². The van der Waals surface area contributed by atoms with E-state index in [0.717, 1.165) is 29.0 Å². The molecule has 2 aromatic heterocycles. The quantitative estimate of drug-likeness (QED) is 0.332. The smallest absolute Gasteiger partial charge is 0.392 e. The second kappa shape index (κ2) is 8.08. The van der Waals surface area contributed by atoms with Gasteiger partial charge in [-0.3, -0.25) is 5.32 Å². The molecule has 4 rings (SSSR count). The molecule has 2 heterocycles. The van der Waals surface area contributed by atoms with Crippen LogP contribution < -0.4 is 10.6 Å². The molecule has 0 fully saturated rings. The molecule has 2 atom stereocenters. The minimum absolute atomic E-state index is 0.238. The SMILES string of the molecule is C[C@H](O)CNC(O)c1ccc2c(c1)nc(Nc1nc3ccc(C(F)(F)F)cc3s1)n2C. The van der Waals surface area contributed by atoms with Gasteiger partial charge in [-0.1, -0.05) is 17.4 Å². The third-order valence-electron chi connectivity index (χ3n) is 4.76. The van der Waals surface area contributed by atoms with Gasteiger partial charge in [0, 0.05) is 13.6 Å². The van der Waals surface area contributed by atoms with Crippen molar-refractivity contribution in [2.45, 2.75) is 25.4 Å². The van der Waals surface area contributed by atoms with Crippen molar-refractivity contribution in [2.24, 2.45) is 7.05 Å². The van der Waals surface area contributed by atoms with Crippen LogP contribution in [0.25, 0.3) is 21.3 Å². The van der Waals surface area contributed by atoms with Crippen molar-refractivity contribution in [3.8, 4) is 0 Å². The Morgan fingerprint density at radius 3 is 2.58 bits per heavy atom. The van der Waals surface area contributed by atoms with Crippen LogP contribution in [0, 0.1) is 0 Å². The minimum atomic E-state index is -4.41. The zero-order chi connectivity index (χ0) is 22.3. The number of hydrogen-bond donors (Lipinski definition) is 4. The van der Waals surface area contributed by atoms with Gasteiger partial charge in [-0.15, -0.1) is 0 Å². The summed E-state index contributed by atoms with van der Waals surface area (Å²) in [6.45, 7) is 1.85. The first-order chi connectivity index (χ1) is 14.6. The molecule has 0 aliphatic heterocycles. The van der Waals surface area contributed by atoms with E-state index < -0.39 is 24.1 Å². The zero-order valence-corrected chi connectivity index (χ0v) is 17.4. The number of halogens is 3. The molecule has 0 radical (unpaired) electrons. The van der Waals surface area contributed by atoms with E-state index in [1.165, 1.54) is 6.07 Å². The van der Waals surface area contributed by atoms with E-state index in [4.69, 9.17) is 0 Å². The van der Waals surface area contributed by atoms with E-state index in [1.807, 2.05) is 6.07 Å². The lowest BCUT2D eigenvalue weighted by atomic mass is 10.1. The second-order valence-electron chi connectivity index (χ2n) is 7.23. The van der Waals surface area contributed by atoms with Gasteiger partial charge in [-0.05, 0) is 42.8 Å². The van der Waals surface area contributed by atoms with Gasteiger partial charge in [-0.25, -0.2) is 9.97 Å². The molecule has 2 aromatic carbocycles. The fourth-order valence-electron chi connectivity index (χ4n) is 3.15. The van der Waals surface area contributed by atoms with Crippen molar-refractivity contribution in [3.05, 3.63) is 47.5 Å². The van der Waals surface area contributed by atoms with Crippen LogP contribution in [0.1, 0.15) is 24.3 Å². The Morgan fingerprint density at radius 2 is 1.87 bits per heavy atom. The topological polar surface area (TPSA) is 95.2 Å². The van der Waals surface area contributed by atoms with Crippen LogP contribution in [0.15, 0.2) is 36.4 Å². The molecule has 164 valence electrons. The highest BCUT2D eigenvalue weighted by Gasteiger charge is 2.30. The molecule has 0 bridgehead atoms. The minimum Gasteiger partial charge on any atom is -0.392 e. The Labute approximate surface area is 179 Å². The van der Waals surface area contributed by atoms with Gasteiger partial charge >= 0.3 is 6.18 Å². The highest BCUT2D eigenvalue weighted by Crippen LogP contribution is 2.35. The first-order valence-electron chi connectivity index (χ1n) is 9.42. The lowest BCUT2D eigenvalue weighted by molar-refractivity contribution is -0.137. The fraction of sp³-hybridized carbons (Fsp3) is 0.300. The number of imidazole rings is 1. The van der Waals surface area contributed by atoms with Gasteiger partial charge in [0.25, 0.3) is 0 Å². The number of anilines is 2. The van der Waals surface area contributed by atoms with Crippen molar-refractivity contribution < 1.29 is 23.4 Å². The number of rotatable bonds is 6. The summed E-state index contributed by atoms with van der Waals surface area (Å²) in [4.78, 5) is 8.87. The van der Waals surface area contributed by atoms with Crippen molar-refractivity contribution in [1.82, 2.24) is 19.9 Å². The van der Waals surface area contributed by atoms with E-state index in [9.17, 15) is 23.4 Å². The van der Waals surface area contributed by atoms with Crippen LogP contribution in [-0.2, 0) is 13.2 Å². The van der Waals surface area contributed by atoms with Gasteiger partial charge in [0.15, 0.2) is 5.13 Å².